The van der Waals surface area contributed by atoms with E-state index < -0.39 is 22.0 Å². The normalized spacial score (nSPS) is 14.3. The fourth-order valence-electron chi connectivity index (χ4n) is 4.30. The number of benzene rings is 2. The number of nitrogens with one attached hydrogen (secondary N) is 2. The molecular formula is C25H25Cl2N3O6S. The molecule has 0 saturated carbocycles. The molecule has 3 aromatic rings. The third-order valence-electron chi connectivity index (χ3n) is 6.16. The minimum Gasteiger partial charge on any atom is -0.464 e. The van der Waals surface area contributed by atoms with Crippen LogP contribution >= 0.6 is 23.2 Å². The first kappa shape index (κ1) is 27.1. The van der Waals surface area contributed by atoms with Crippen molar-refractivity contribution in [2.24, 2.45) is 0 Å². The average molecular weight is 566 g/mol. The van der Waals surface area contributed by atoms with Gasteiger partial charge in [0.15, 0.2) is 0 Å². The van der Waals surface area contributed by atoms with Crippen LogP contribution in [0.4, 0.5) is 0 Å². The van der Waals surface area contributed by atoms with Crippen molar-refractivity contribution in [1.29, 1.82) is 0 Å². The maximum atomic E-state index is 13.1. The lowest BCUT2D eigenvalue weighted by atomic mass is 9.95. The predicted octanol–water partition coefficient (Wildman–Crippen LogP) is 3.56. The van der Waals surface area contributed by atoms with Gasteiger partial charge in [0.1, 0.15) is 11.9 Å². The van der Waals surface area contributed by atoms with Gasteiger partial charge in [-0.25, -0.2) is 13.1 Å². The molecule has 0 aliphatic carbocycles. The highest BCUT2D eigenvalue weighted by Crippen LogP contribution is 2.35. The Morgan fingerprint density at radius 2 is 2.00 bits per heavy atom. The lowest BCUT2D eigenvalue weighted by Gasteiger charge is -2.30. The quantitative estimate of drug-likeness (QED) is 0.302. The first-order valence-corrected chi connectivity index (χ1v) is 14.2. The number of carbonyl (C=O) groups is 3. The third-order valence-corrected chi connectivity index (χ3v) is 7.60. The van der Waals surface area contributed by atoms with Crippen molar-refractivity contribution >= 4 is 62.3 Å². The molecule has 1 aliphatic rings. The zero-order valence-corrected chi connectivity index (χ0v) is 22.3. The number of furan rings is 1. The molecule has 9 nitrogen and oxygen atoms in total. The molecule has 1 aliphatic heterocycles. The Labute approximate surface area is 224 Å². The molecule has 1 atom stereocenters. The van der Waals surface area contributed by atoms with Gasteiger partial charge in [0.25, 0.3) is 11.8 Å². The van der Waals surface area contributed by atoms with Gasteiger partial charge < -0.3 is 19.4 Å². The van der Waals surface area contributed by atoms with Crippen molar-refractivity contribution in [2.45, 2.75) is 31.8 Å². The average Bonchev–Trinajstić information content (AvgIpc) is 3.32. The van der Waals surface area contributed by atoms with E-state index in [1.54, 1.807) is 29.4 Å². The highest BCUT2D eigenvalue weighted by atomic mass is 35.5. The maximum absolute atomic E-state index is 13.1. The minimum atomic E-state index is -3.34. The molecule has 0 saturated heterocycles. The van der Waals surface area contributed by atoms with E-state index in [0.717, 1.165) is 22.8 Å². The fourth-order valence-corrected chi connectivity index (χ4v) is 5.58. The largest absolute Gasteiger partial charge is 0.464 e. The zero-order valence-electron chi connectivity index (χ0n) is 19.9. The number of aldehydes is 1. The highest BCUT2D eigenvalue weighted by Gasteiger charge is 2.28. The Balaban J connectivity index is 1.45. The monoisotopic (exact) mass is 565 g/mol. The van der Waals surface area contributed by atoms with Crippen LogP contribution in [0.5, 0.6) is 0 Å². The second-order valence-electron chi connectivity index (χ2n) is 8.86. The van der Waals surface area contributed by atoms with Gasteiger partial charge in [-0.15, -0.1) is 0 Å². The Kier molecular flexibility index (Phi) is 8.23. The van der Waals surface area contributed by atoms with E-state index in [-0.39, 0.29) is 41.0 Å². The van der Waals surface area contributed by atoms with Crippen LogP contribution in [0.25, 0.3) is 11.0 Å². The molecule has 1 aromatic heterocycles. The minimum absolute atomic E-state index is 0.0613. The lowest BCUT2D eigenvalue weighted by Crippen LogP contribution is -2.38. The second-order valence-corrected chi connectivity index (χ2v) is 11.5. The summed E-state index contributed by atoms with van der Waals surface area (Å²) in [6.45, 7) is 0.814. The summed E-state index contributed by atoms with van der Waals surface area (Å²) in [4.78, 5) is 39.2. The van der Waals surface area contributed by atoms with Crippen molar-refractivity contribution < 1.29 is 27.2 Å². The molecule has 0 bridgehead atoms. The molecule has 2 heterocycles. The molecule has 0 spiro atoms. The summed E-state index contributed by atoms with van der Waals surface area (Å²) in [6.07, 6.45) is 4.21. The van der Waals surface area contributed by atoms with Crippen molar-refractivity contribution in [1.82, 2.24) is 14.9 Å². The van der Waals surface area contributed by atoms with Crippen LogP contribution in [-0.2, 0) is 27.8 Å². The molecule has 0 unspecified atom stereocenters. The van der Waals surface area contributed by atoms with Crippen molar-refractivity contribution in [2.75, 3.05) is 19.3 Å². The smallest absolute Gasteiger partial charge is 0.254 e. The summed E-state index contributed by atoms with van der Waals surface area (Å²) >= 11 is 13.0. The van der Waals surface area contributed by atoms with Gasteiger partial charge in [0, 0.05) is 30.6 Å². The number of hydrogen-bond donors (Lipinski definition) is 2. The SMILES string of the molecule is CS(=O)(=O)NCCC[C@@H](C=O)NC(=O)c1c(Cl)cc2c(c1Cl)CCN(C(=O)c1ccc3ccoc3c1)C2. The lowest BCUT2D eigenvalue weighted by molar-refractivity contribution is -0.109. The Morgan fingerprint density at radius 3 is 2.73 bits per heavy atom. The van der Waals surface area contributed by atoms with Crippen LogP contribution in [0, 0.1) is 0 Å². The summed E-state index contributed by atoms with van der Waals surface area (Å²) in [5, 5.41) is 3.81. The molecular weight excluding hydrogens is 541 g/mol. The number of hydrogen-bond acceptors (Lipinski definition) is 6. The number of carbonyl (C=O) groups excluding carboxylic acids is 3. The van der Waals surface area contributed by atoms with E-state index >= 15 is 0 Å². The maximum Gasteiger partial charge on any atom is 0.254 e. The molecule has 4 rings (SSSR count). The summed E-state index contributed by atoms with van der Waals surface area (Å²) < 4.78 is 30.1. The van der Waals surface area contributed by atoms with Gasteiger partial charge in [-0.3, -0.25) is 9.59 Å². The van der Waals surface area contributed by atoms with E-state index in [9.17, 15) is 22.8 Å². The fraction of sp³-hybridized carbons (Fsp3) is 0.320. The molecule has 2 aromatic carbocycles. The number of amides is 2. The second kappa shape index (κ2) is 11.2. The van der Waals surface area contributed by atoms with Crippen LogP contribution in [0.2, 0.25) is 10.0 Å². The Morgan fingerprint density at radius 1 is 1.22 bits per heavy atom. The molecule has 12 heteroatoms. The number of fused-ring (bicyclic) bond motifs is 2. The summed E-state index contributed by atoms with van der Waals surface area (Å²) in [7, 11) is -3.34. The van der Waals surface area contributed by atoms with Crippen LogP contribution in [0.3, 0.4) is 0 Å². The first-order chi connectivity index (χ1) is 17.6. The summed E-state index contributed by atoms with van der Waals surface area (Å²) in [6, 6.07) is 7.91. The van der Waals surface area contributed by atoms with Crippen molar-refractivity contribution in [3.63, 3.8) is 0 Å². The van der Waals surface area contributed by atoms with Crippen molar-refractivity contribution in [3.8, 4) is 0 Å². The van der Waals surface area contributed by atoms with Gasteiger partial charge >= 0.3 is 0 Å². The van der Waals surface area contributed by atoms with Gasteiger partial charge in [0.05, 0.1) is 34.2 Å². The third kappa shape index (κ3) is 6.32. The van der Waals surface area contributed by atoms with E-state index in [2.05, 4.69) is 10.0 Å². The van der Waals surface area contributed by atoms with Crippen LogP contribution in [0.1, 0.15) is 44.7 Å². The highest BCUT2D eigenvalue weighted by molar-refractivity contribution is 7.88. The molecule has 2 amide bonds. The van der Waals surface area contributed by atoms with Gasteiger partial charge in [-0.2, -0.15) is 0 Å². The van der Waals surface area contributed by atoms with E-state index in [1.807, 2.05) is 12.1 Å². The first-order valence-electron chi connectivity index (χ1n) is 11.5. The van der Waals surface area contributed by atoms with E-state index in [4.69, 9.17) is 27.6 Å². The standard InChI is InChI=1S/C25H25Cl2N3O6S/c1-37(34,35)28-8-2-3-18(14-31)29-24(32)22-20(26)11-17-13-30(9-6-19(17)23(22)27)25(33)16-5-4-15-7-10-36-21(15)12-16/h4-5,7,10-12,14,18,28H,2-3,6,8-9,13H2,1H3,(H,29,32)/t18-/m0/s1. The molecule has 2 N–H and O–H groups in total. The molecule has 196 valence electrons. The number of nitrogens with zero attached hydrogens (tertiary/aromatic N) is 1. The van der Waals surface area contributed by atoms with Gasteiger partial charge in [-0.1, -0.05) is 29.3 Å². The predicted molar refractivity (Wildman–Crippen MR) is 141 cm³/mol. The summed E-state index contributed by atoms with van der Waals surface area (Å²) in [5.41, 5.74) is 2.66. The molecule has 0 radical (unpaired) electrons. The topological polar surface area (TPSA) is 126 Å². The van der Waals surface area contributed by atoms with E-state index in [0.29, 0.717) is 36.8 Å². The van der Waals surface area contributed by atoms with Crippen molar-refractivity contribution in [3.05, 3.63) is 68.9 Å². The summed E-state index contributed by atoms with van der Waals surface area (Å²) in [5.74, 6) is -0.756. The molecule has 37 heavy (non-hydrogen) atoms. The molecule has 0 fully saturated rings. The number of sulfonamides is 1. The van der Waals surface area contributed by atoms with Crippen LogP contribution in [-0.4, -0.2) is 56.8 Å². The van der Waals surface area contributed by atoms with Gasteiger partial charge in [0.2, 0.25) is 10.0 Å². The Bertz CT molecular complexity index is 1470. The van der Waals surface area contributed by atoms with Crippen LogP contribution < -0.4 is 10.0 Å². The number of halogens is 2. The number of rotatable bonds is 9. The Hall–Kier alpha value is -2.92. The van der Waals surface area contributed by atoms with E-state index in [1.165, 1.54) is 0 Å². The van der Waals surface area contributed by atoms with Crippen LogP contribution in [0.15, 0.2) is 41.0 Å². The zero-order chi connectivity index (χ0) is 26.7. The van der Waals surface area contributed by atoms with Gasteiger partial charge in [-0.05, 0) is 54.7 Å².